The van der Waals surface area contributed by atoms with Crippen molar-refractivity contribution in [1.29, 1.82) is 0 Å². The first-order chi connectivity index (χ1) is 10.1. The van der Waals surface area contributed by atoms with Gasteiger partial charge in [-0.15, -0.1) is 0 Å². The number of carboxylic acids is 1. The monoisotopic (exact) mass is 287 g/mol. The molecule has 0 unspecified atom stereocenters. The van der Waals surface area contributed by atoms with Crippen LogP contribution in [0.1, 0.15) is 31.7 Å². The van der Waals surface area contributed by atoms with Crippen LogP contribution in [0.4, 0.5) is 5.69 Å². The molecule has 2 N–H and O–H groups in total. The number of para-hydroxylation sites is 1. The van der Waals surface area contributed by atoms with Crippen LogP contribution in [-0.2, 0) is 16.0 Å². The smallest absolute Gasteiger partial charge is 0.307 e. The summed E-state index contributed by atoms with van der Waals surface area (Å²) >= 11 is 0. The molecule has 4 heteroatoms. The molecule has 2 saturated carbocycles. The first-order valence-electron chi connectivity index (χ1n) is 7.73. The Hall–Kier alpha value is -1.84. The molecule has 2 fully saturated rings. The number of aryl methyl sites for hydroxylation is 1. The summed E-state index contributed by atoms with van der Waals surface area (Å²) < 4.78 is 0. The van der Waals surface area contributed by atoms with Crippen molar-refractivity contribution in [2.24, 2.45) is 23.7 Å². The van der Waals surface area contributed by atoms with Gasteiger partial charge >= 0.3 is 5.97 Å². The summed E-state index contributed by atoms with van der Waals surface area (Å²) in [5.41, 5.74) is 1.90. The molecule has 1 aromatic rings. The van der Waals surface area contributed by atoms with Crippen molar-refractivity contribution in [2.45, 2.75) is 32.6 Å². The Morgan fingerprint density at radius 2 is 1.86 bits per heavy atom. The highest BCUT2D eigenvalue weighted by molar-refractivity contribution is 5.96. The quantitative estimate of drug-likeness (QED) is 0.894. The summed E-state index contributed by atoms with van der Waals surface area (Å²) in [5.74, 6) is -1.38. The van der Waals surface area contributed by atoms with E-state index < -0.39 is 11.9 Å². The molecular weight excluding hydrogens is 266 g/mol. The third-order valence-corrected chi connectivity index (χ3v) is 5.16. The third-order valence-electron chi connectivity index (χ3n) is 5.16. The number of anilines is 1. The highest BCUT2D eigenvalue weighted by atomic mass is 16.4. The van der Waals surface area contributed by atoms with Crippen molar-refractivity contribution in [3.8, 4) is 0 Å². The van der Waals surface area contributed by atoms with Crippen molar-refractivity contribution in [1.82, 2.24) is 0 Å². The molecule has 2 aliphatic carbocycles. The summed E-state index contributed by atoms with van der Waals surface area (Å²) in [6, 6.07) is 7.72. The molecule has 4 atom stereocenters. The molecule has 0 aromatic heterocycles. The Bertz CT molecular complexity index is 569. The molecule has 1 amide bonds. The Morgan fingerprint density at radius 3 is 2.52 bits per heavy atom. The Kier molecular flexibility index (Phi) is 3.70. The van der Waals surface area contributed by atoms with Crippen molar-refractivity contribution in [3.63, 3.8) is 0 Å². The Balaban J connectivity index is 1.80. The summed E-state index contributed by atoms with van der Waals surface area (Å²) in [6.45, 7) is 2.04. The molecule has 0 heterocycles. The minimum Gasteiger partial charge on any atom is -0.481 e. The van der Waals surface area contributed by atoms with E-state index in [2.05, 4.69) is 5.32 Å². The predicted octanol–water partition coefficient (Wildman–Crippen LogP) is 2.93. The zero-order chi connectivity index (χ0) is 15.0. The second-order valence-corrected chi connectivity index (χ2v) is 6.22. The van der Waals surface area contributed by atoms with Gasteiger partial charge in [-0.3, -0.25) is 9.59 Å². The summed E-state index contributed by atoms with van der Waals surface area (Å²) in [7, 11) is 0. The number of carbonyl (C=O) groups excluding carboxylic acids is 1. The van der Waals surface area contributed by atoms with Gasteiger partial charge in [0.25, 0.3) is 0 Å². The largest absolute Gasteiger partial charge is 0.481 e. The number of rotatable bonds is 4. The van der Waals surface area contributed by atoms with Crippen molar-refractivity contribution < 1.29 is 14.7 Å². The van der Waals surface area contributed by atoms with E-state index >= 15 is 0 Å². The number of fused-ring (bicyclic) bond motifs is 2. The van der Waals surface area contributed by atoms with Gasteiger partial charge in [0.1, 0.15) is 0 Å². The van der Waals surface area contributed by atoms with E-state index in [9.17, 15) is 14.7 Å². The first kappa shape index (κ1) is 14.1. The van der Waals surface area contributed by atoms with Gasteiger partial charge in [-0.1, -0.05) is 25.1 Å². The van der Waals surface area contributed by atoms with Gasteiger partial charge < -0.3 is 10.4 Å². The van der Waals surface area contributed by atoms with Gasteiger partial charge in [-0.25, -0.2) is 0 Å². The number of hydrogen-bond acceptors (Lipinski definition) is 2. The molecule has 2 bridgehead atoms. The van der Waals surface area contributed by atoms with Gasteiger partial charge in [-0.2, -0.15) is 0 Å². The lowest BCUT2D eigenvalue weighted by atomic mass is 9.78. The molecular formula is C17H21NO3. The number of carboxylic acid groups (broad SMARTS) is 1. The summed E-state index contributed by atoms with van der Waals surface area (Å²) in [4.78, 5) is 24.1. The molecule has 4 nitrogen and oxygen atoms in total. The molecule has 0 spiro atoms. The fraction of sp³-hybridized carbons (Fsp3) is 0.529. The first-order valence-corrected chi connectivity index (χ1v) is 7.73. The number of nitrogens with one attached hydrogen (secondary N) is 1. The number of hydrogen-bond donors (Lipinski definition) is 2. The van der Waals surface area contributed by atoms with Crippen LogP contribution in [-0.4, -0.2) is 17.0 Å². The van der Waals surface area contributed by atoms with Crippen molar-refractivity contribution >= 4 is 17.6 Å². The third kappa shape index (κ3) is 2.43. The molecule has 0 radical (unpaired) electrons. The minimum atomic E-state index is -0.814. The standard InChI is InChI=1S/C17H21NO3/c1-2-10-5-3-4-6-13(10)18-16(19)14-11-7-8-12(9-11)15(14)17(20)21/h3-6,11-12,14-15H,2,7-9H2,1H3,(H,18,19)(H,20,21)/t11-,12-,14-,15+/m0/s1. The molecule has 21 heavy (non-hydrogen) atoms. The van der Waals surface area contributed by atoms with Crippen molar-refractivity contribution in [2.75, 3.05) is 5.32 Å². The number of aliphatic carboxylic acids is 1. The van der Waals surface area contributed by atoms with E-state index in [0.717, 1.165) is 36.9 Å². The summed E-state index contributed by atoms with van der Waals surface area (Å²) in [6.07, 6.45) is 3.68. The molecule has 0 saturated heterocycles. The highest BCUT2D eigenvalue weighted by Crippen LogP contribution is 2.52. The predicted molar refractivity (Wildman–Crippen MR) is 79.9 cm³/mol. The second-order valence-electron chi connectivity index (χ2n) is 6.22. The topological polar surface area (TPSA) is 66.4 Å². The van der Waals surface area contributed by atoms with Crippen LogP contribution in [0.2, 0.25) is 0 Å². The van der Waals surface area contributed by atoms with E-state index in [4.69, 9.17) is 0 Å². The van der Waals surface area contributed by atoms with Crippen LogP contribution >= 0.6 is 0 Å². The van der Waals surface area contributed by atoms with Gasteiger partial charge in [0.15, 0.2) is 0 Å². The van der Waals surface area contributed by atoms with E-state index in [1.807, 2.05) is 31.2 Å². The number of benzene rings is 1. The van der Waals surface area contributed by atoms with Crippen LogP contribution < -0.4 is 5.32 Å². The zero-order valence-corrected chi connectivity index (χ0v) is 12.2. The Morgan fingerprint density at radius 1 is 1.19 bits per heavy atom. The maximum atomic E-state index is 12.6. The number of carbonyl (C=O) groups is 2. The maximum Gasteiger partial charge on any atom is 0.307 e. The lowest BCUT2D eigenvalue weighted by molar-refractivity contribution is -0.148. The lowest BCUT2D eigenvalue weighted by Gasteiger charge is -2.27. The van der Waals surface area contributed by atoms with Crippen molar-refractivity contribution in [3.05, 3.63) is 29.8 Å². The van der Waals surface area contributed by atoms with Crippen LogP contribution in [0.3, 0.4) is 0 Å². The number of amides is 1. The minimum absolute atomic E-state index is 0.115. The van der Waals surface area contributed by atoms with Crippen LogP contribution in [0.25, 0.3) is 0 Å². The zero-order valence-electron chi connectivity index (χ0n) is 12.2. The van der Waals surface area contributed by atoms with Crippen LogP contribution in [0.15, 0.2) is 24.3 Å². The normalized spacial score (nSPS) is 30.3. The van der Waals surface area contributed by atoms with E-state index in [0.29, 0.717) is 0 Å². The summed E-state index contributed by atoms with van der Waals surface area (Å²) in [5, 5.41) is 12.4. The molecule has 1 aromatic carbocycles. The maximum absolute atomic E-state index is 12.6. The van der Waals surface area contributed by atoms with E-state index in [-0.39, 0.29) is 23.7 Å². The van der Waals surface area contributed by atoms with Gasteiger partial charge in [0.05, 0.1) is 11.8 Å². The van der Waals surface area contributed by atoms with Gasteiger partial charge in [-0.05, 0) is 49.1 Å². The lowest BCUT2D eigenvalue weighted by Crippen LogP contribution is -2.38. The average molecular weight is 287 g/mol. The van der Waals surface area contributed by atoms with Crippen LogP contribution in [0.5, 0.6) is 0 Å². The fourth-order valence-electron chi connectivity index (χ4n) is 4.19. The van der Waals surface area contributed by atoms with Crippen LogP contribution in [0, 0.1) is 23.7 Å². The van der Waals surface area contributed by atoms with E-state index in [1.165, 1.54) is 0 Å². The molecule has 112 valence electrons. The van der Waals surface area contributed by atoms with Gasteiger partial charge in [0, 0.05) is 5.69 Å². The molecule has 0 aliphatic heterocycles. The average Bonchev–Trinajstić information content (AvgIpc) is 3.08. The Labute approximate surface area is 124 Å². The van der Waals surface area contributed by atoms with E-state index in [1.54, 1.807) is 0 Å². The molecule has 2 aliphatic rings. The molecule has 3 rings (SSSR count). The highest BCUT2D eigenvalue weighted by Gasteiger charge is 2.53. The van der Waals surface area contributed by atoms with Gasteiger partial charge in [0.2, 0.25) is 5.91 Å². The SMILES string of the molecule is CCc1ccccc1NC(=O)[C@H]1[C@H]2CC[C@@H](C2)[C@H]1C(=O)O. The fourth-order valence-corrected chi connectivity index (χ4v) is 4.19. The second kappa shape index (κ2) is 5.51.